The fraction of sp³-hybridized carbons (Fsp3) is 0.417. The molecule has 2 aromatic rings. The molecule has 0 aromatic heterocycles. The Labute approximate surface area is 172 Å². The van der Waals surface area contributed by atoms with E-state index < -0.39 is 11.4 Å². The number of carbonyl (C=O) groups excluding carboxylic acids is 2. The fourth-order valence-corrected chi connectivity index (χ4v) is 3.95. The SMILES string of the molecule is CCCOc1ccc(NC(=O)C2(c3ccccc3)CCCC2)cc1C(=O)OCC. The molecular formula is C24H29NO4. The molecule has 1 N–H and O–H groups in total. The summed E-state index contributed by atoms with van der Waals surface area (Å²) in [7, 11) is 0. The van der Waals surface area contributed by atoms with Crippen LogP contribution < -0.4 is 10.1 Å². The highest BCUT2D eigenvalue weighted by Crippen LogP contribution is 2.42. The number of carbonyl (C=O) groups is 2. The van der Waals surface area contributed by atoms with Gasteiger partial charge in [0, 0.05) is 5.69 Å². The number of hydrogen-bond donors (Lipinski definition) is 1. The fourth-order valence-electron chi connectivity index (χ4n) is 3.95. The van der Waals surface area contributed by atoms with Crippen molar-refractivity contribution in [2.75, 3.05) is 18.5 Å². The standard InChI is InChI=1S/C24H29NO4/c1-3-16-29-21-13-12-19(17-20(21)22(26)28-4-2)25-23(27)24(14-8-9-15-24)18-10-6-5-7-11-18/h5-7,10-13,17H,3-4,8-9,14-16H2,1-2H3,(H,25,27). The molecule has 3 rings (SSSR count). The molecule has 2 aromatic carbocycles. The van der Waals surface area contributed by atoms with Crippen molar-refractivity contribution in [1.82, 2.24) is 0 Å². The highest BCUT2D eigenvalue weighted by molar-refractivity contribution is 6.01. The van der Waals surface area contributed by atoms with Crippen LogP contribution in [0.5, 0.6) is 5.75 Å². The molecule has 154 valence electrons. The highest BCUT2D eigenvalue weighted by Gasteiger charge is 2.42. The second-order valence-corrected chi connectivity index (χ2v) is 7.39. The third kappa shape index (κ3) is 4.61. The van der Waals surface area contributed by atoms with Gasteiger partial charge in [0.15, 0.2) is 0 Å². The van der Waals surface area contributed by atoms with Crippen LogP contribution in [0.4, 0.5) is 5.69 Å². The first-order chi connectivity index (χ1) is 14.1. The zero-order valence-electron chi connectivity index (χ0n) is 17.2. The summed E-state index contributed by atoms with van der Waals surface area (Å²) < 4.78 is 10.9. The first-order valence-corrected chi connectivity index (χ1v) is 10.4. The van der Waals surface area contributed by atoms with E-state index in [1.165, 1.54) is 0 Å². The van der Waals surface area contributed by atoms with E-state index in [2.05, 4.69) is 5.32 Å². The van der Waals surface area contributed by atoms with Crippen molar-refractivity contribution in [3.05, 3.63) is 59.7 Å². The molecule has 5 heteroatoms. The van der Waals surface area contributed by atoms with Gasteiger partial charge in [0.05, 0.1) is 18.6 Å². The van der Waals surface area contributed by atoms with Crippen molar-refractivity contribution in [1.29, 1.82) is 0 Å². The minimum atomic E-state index is -0.525. The lowest BCUT2D eigenvalue weighted by Crippen LogP contribution is -2.38. The van der Waals surface area contributed by atoms with Gasteiger partial charge < -0.3 is 14.8 Å². The number of rotatable bonds is 8. The molecule has 29 heavy (non-hydrogen) atoms. The van der Waals surface area contributed by atoms with Crippen LogP contribution in [0.3, 0.4) is 0 Å². The van der Waals surface area contributed by atoms with E-state index in [0.29, 0.717) is 23.6 Å². The third-order valence-corrected chi connectivity index (χ3v) is 5.41. The van der Waals surface area contributed by atoms with E-state index in [0.717, 1.165) is 37.7 Å². The average Bonchev–Trinajstić information content (AvgIpc) is 3.25. The Morgan fingerprint density at radius 2 is 1.76 bits per heavy atom. The van der Waals surface area contributed by atoms with Gasteiger partial charge in [0.1, 0.15) is 11.3 Å². The molecule has 1 aliphatic rings. The molecule has 0 unspecified atom stereocenters. The summed E-state index contributed by atoms with van der Waals surface area (Å²) in [4.78, 5) is 25.7. The van der Waals surface area contributed by atoms with Crippen molar-refractivity contribution >= 4 is 17.6 Å². The van der Waals surface area contributed by atoms with E-state index in [1.807, 2.05) is 37.3 Å². The van der Waals surface area contributed by atoms with Gasteiger partial charge in [-0.3, -0.25) is 4.79 Å². The zero-order valence-corrected chi connectivity index (χ0v) is 17.2. The summed E-state index contributed by atoms with van der Waals surface area (Å²) in [6.07, 6.45) is 4.54. The number of amides is 1. The molecule has 0 heterocycles. The maximum atomic E-state index is 13.3. The monoisotopic (exact) mass is 395 g/mol. The Morgan fingerprint density at radius 1 is 1.03 bits per heavy atom. The maximum absolute atomic E-state index is 13.3. The number of ether oxygens (including phenoxy) is 2. The van der Waals surface area contributed by atoms with Crippen LogP contribution in [0.1, 0.15) is 61.9 Å². The summed E-state index contributed by atoms with van der Waals surface area (Å²) in [5, 5.41) is 3.04. The molecule has 0 spiro atoms. The average molecular weight is 395 g/mol. The Balaban J connectivity index is 1.87. The largest absolute Gasteiger partial charge is 0.493 e. The maximum Gasteiger partial charge on any atom is 0.341 e. The topological polar surface area (TPSA) is 64.6 Å². The van der Waals surface area contributed by atoms with Gasteiger partial charge in [-0.05, 0) is 49.9 Å². The Hall–Kier alpha value is -2.82. The van der Waals surface area contributed by atoms with Crippen LogP contribution in [0.2, 0.25) is 0 Å². The number of nitrogens with one attached hydrogen (secondary N) is 1. The molecular weight excluding hydrogens is 366 g/mol. The van der Waals surface area contributed by atoms with Gasteiger partial charge in [-0.1, -0.05) is 50.1 Å². The van der Waals surface area contributed by atoms with Gasteiger partial charge >= 0.3 is 5.97 Å². The number of esters is 1. The van der Waals surface area contributed by atoms with Crippen LogP contribution >= 0.6 is 0 Å². The molecule has 1 fully saturated rings. The minimum Gasteiger partial charge on any atom is -0.493 e. The van der Waals surface area contributed by atoms with E-state index in [-0.39, 0.29) is 12.5 Å². The van der Waals surface area contributed by atoms with Crippen molar-refractivity contribution in [3.63, 3.8) is 0 Å². The Kier molecular flexibility index (Phi) is 6.91. The van der Waals surface area contributed by atoms with Crippen molar-refractivity contribution < 1.29 is 19.1 Å². The Morgan fingerprint density at radius 3 is 2.41 bits per heavy atom. The number of hydrogen-bond acceptors (Lipinski definition) is 4. The van der Waals surface area contributed by atoms with Crippen LogP contribution in [-0.2, 0) is 14.9 Å². The van der Waals surface area contributed by atoms with Crippen molar-refractivity contribution in [2.45, 2.75) is 51.4 Å². The summed E-state index contributed by atoms with van der Waals surface area (Å²) in [6.45, 7) is 4.55. The van der Waals surface area contributed by atoms with Crippen molar-refractivity contribution in [3.8, 4) is 5.75 Å². The normalized spacial score (nSPS) is 15.0. The second kappa shape index (κ2) is 9.59. The number of benzene rings is 2. The van der Waals surface area contributed by atoms with E-state index in [4.69, 9.17) is 9.47 Å². The second-order valence-electron chi connectivity index (χ2n) is 7.39. The zero-order chi connectivity index (χ0) is 20.7. The molecule has 1 saturated carbocycles. The smallest absolute Gasteiger partial charge is 0.341 e. The first kappa shape index (κ1) is 20.9. The molecule has 0 atom stereocenters. The summed E-state index contributed by atoms with van der Waals surface area (Å²) in [6, 6.07) is 15.1. The lowest BCUT2D eigenvalue weighted by Gasteiger charge is -2.28. The summed E-state index contributed by atoms with van der Waals surface area (Å²) in [5.41, 5.74) is 1.42. The van der Waals surface area contributed by atoms with Crippen LogP contribution in [0.25, 0.3) is 0 Å². The predicted octanol–water partition coefficient (Wildman–Crippen LogP) is 5.10. The molecule has 0 bridgehead atoms. The van der Waals surface area contributed by atoms with Gasteiger partial charge in [0.25, 0.3) is 0 Å². The van der Waals surface area contributed by atoms with E-state index in [9.17, 15) is 9.59 Å². The van der Waals surface area contributed by atoms with Gasteiger partial charge in [0.2, 0.25) is 5.91 Å². The molecule has 5 nitrogen and oxygen atoms in total. The summed E-state index contributed by atoms with van der Waals surface area (Å²) >= 11 is 0. The lowest BCUT2D eigenvalue weighted by atomic mass is 9.78. The van der Waals surface area contributed by atoms with Gasteiger partial charge in [-0.2, -0.15) is 0 Å². The van der Waals surface area contributed by atoms with Gasteiger partial charge in [-0.15, -0.1) is 0 Å². The van der Waals surface area contributed by atoms with E-state index in [1.54, 1.807) is 25.1 Å². The Bertz CT molecular complexity index is 841. The molecule has 0 radical (unpaired) electrons. The number of anilines is 1. The molecule has 1 amide bonds. The molecule has 0 saturated heterocycles. The third-order valence-electron chi connectivity index (χ3n) is 5.41. The van der Waals surface area contributed by atoms with Crippen LogP contribution in [-0.4, -0.2) is 25.1 Å². The first-order valence-electron chi connectivity index (χ1n) is 10.4. The van der Waals surface area contributed by atoms with Crippen LogP contribution in [0, 0.1) is 0 Å². The lowest BCUT2D eigenvalue weighted by molar-refractivity contribution is -0.121. The van der Waals surface area contributed by atoms with Crippen molar-refractivity contribution in [2.24, 2.45) is 0 Å². The summed E-state index contributed by atoms with van der Waals surface area (Å²) in [5.74, 6) is -0.00601. The quantitative estimate of drug-likeness (QED) is 0.632. The highest BCUT2D eigenvalue weighted by atomic mass is 16.5. The van der Waals surface area contributed by atoms with Gasteiger partial charge in [-0.25, -0.2) is 4.79 Å². The van der Waals surface area contributed by atoms with Crippen LogP contribution in [0.15, 0.2) is 48.5 Å². The molecule has 0 aliphatic heterocycles. The molecule has 1 aliphatic carbocycles. The minimum absolute atomic E-state index is 0.0294. The predicted molar refractivity (Wildman–Crippen MR) is 113 cm³/mol. The van der Waals surface area contributed by atoms with E-state index >= 15 is 0 Å².